The highest BCUT2D eigenvalue weighted by molar-refractivity contribution is 5.43. The van der Waals surface area contributed by atoms with E-state index in [0.717, 1.165) is 51.7 Å². The maximum absolute atomic E-state index is 12.4. The molecule has 0 bridgehead atoms. The first-order valence-electron chi connectivity index (χ1n) is 6.64. The maximum atomic E-state index is 12.4. The molecule has 0 saturated carbocycles. The van der Waals surface area contributed by atoms with Crippen molar-refractivity contribution in [1.29, 1.82) is 0 Å². The lowest BCUT2D eigenvalue weighted by atomic mass is 10.1. The van der Waals surface area contributed by atoms with E-state index >= 15 is 0 Å². The summed E-state index contributed by atoms with van der Waals surface area (Å²) in [7, 11) is 0. The van der Waals surface area contributed by atoms with Crippen LogP contribution in [0, 0.1) is 0 Å². The SMILES string of the molecule is FC(F)(F)c1ccc(N2CC(N3CCOCC3)C2)nc1. The van der Waals surface area contributed by atoms with Gasteiger partial charge < -0.3 is 9.64 Å². The largest absolute Gasteiger partial charge is 0.417 e. The van der Waals surface area contributed by atoms with Gasteiger partial charge in [-0.15, -0.1) is 0 Å². The molecule has 110 valence electrons. The lowest BCUT2D eigenvalue weighted by Gasteiger charge is -2.47. The fraction of sp³-hybridized carbons (Fsp3) is 0.615. The minimum Gasteiger partial charge on any atom is -0.379 e. The van der Waals surface area contributed by atoms with E-state index in [1.165, 1.54) is 6.07 Å². The van der Waals surface area contributed by atoms with Crippen molar-refractivity contribution >= 4 is 5.82 Å². The predicted molar refractivity (Wildman–Crippen MR) is 67.6 cm³/mol. The van der Waals surface area contributed by atoms with Gasteiger partial charge in [0.25, 0.3) is 0 Å². The van der Waals surface area contributed by atoms with Gasteiger partial charge in [0.15, 0.2) is 0 Å². The highest BCUT2D eigenvalue weighted by Gasteiger charge is 2.34. The zero-order chi connectivity index (χ0) is 14.2. The van der Waals surface area contributed by atoms with Crippen LogP contribution in [0.2, 0.25) is 0 Å². The summed E-state index contributed by atoms with van der Waals surface area (Å²) in [6, 6.07) is 2.99. The van der Waals surface area contributed by atoms with Crippen LogP contribution < -0.4 is 4.90 Å². The molecule has 0 atom stereocenters. The molecule has 3 rings (SSSR count). The van der Waals surface area contributed by atoms with Crippen LogP contribution in [0.3, 0.4) is 0 Å². The Morgan fingerprint density at radius 3 is 2.40 bits per heavy atom. The van der Waals surface area contributed by atoms with Gasteiger partial charge in [0.1, 0.15) is 5.82 Å². The number of rotatable bonds is 2. The molecule has 2 fully saturated rings. The van der Waals surface area contributed by atoms with E-state index in [1.54, 1.807) is 0 Å². The molecular formula is C13H16F3N3O. The van der Waals surface area contributed by atoms with Crippen LogP contribution in [-0.2, 0) is 10.9 Å². The molecule has 3 heterocycles. The van der Waals surface area contributed by atoms with Crippen molar-refractivity contribution in [2.45, 2.75) is 12.2 Å². The zero-order valence-corrected chi connectivity index (χ0v) is 10.9. The molecule has 0 aliphatic carbocycles. The number of hydrogen-bond donors (Lipinski definition) is 0. The first kappa shape index (κ1) is 13.6. The monoisotopic (exact) mass is 287 g/mol. The van der Waals surface area contributed by atoms with Crippen molar-refractivity contribution in [2.75, 3.05) is 44.3 Å². The Labute approximate surface area is 115 Å². The highest BCUT2D eigenvalue weighted by Crippen LogP contribution is 2.30. The van der Waals surface area contributed by atoms with Crippen LogP contribution in [0.1, 0.15) is 5.56 Å². The molecule has 2 saturated heterocycles. The fourth-order valence-electron chi connectivity index (χ4n) is 2.56. The van der Waals surface area contributed by atoms with Gasteiger partial charge in [0.05, 0.1) is 18.8 Å². The second-order valence-electron chi connectivity index (χ2n) is 5.11. The number of halogens is 3. The van der Waals surface area contributed by atoms with Crippen molar-refractivity contribution in [2.24, 2.45) is 0 Å². The Bertz CT molecular complexity index is 451. The molecule has 0 amide bonds. The minimum absolute atomic E-state index is 0.461. The summed E-state index contributed by atoms with van der Waals surface area (Å²) in [5, 5.41) is 0. The second kappa shape index (κ2) is 5.21. The number of hydrogen-bond acceptors (Lipinski definition) is 4. The summed E-state index contributed by atoms with van der Waals surface area (Å²) in [5.74, 6) is 0.613. The van der Waals surface area contributed by atoms with Gasteiger partial charge in [-0.1, -0.05) is 0 Å². The molecule has 20 heavy (non-hydrogen) atoms. The number of anilines is 1. The van der Waals surface area contributed by atoms with E-state index in [0.29, 0.717) is 11.9 Å². The Morgan fingerprint density at radius 1 is 1.15 bits per heavy atom. The molecular weight excluding hydrogens is 271 g/mol. The third-order valence-corrected chi connectivity index (χ3v) is 3.82. The number of pyridine rings is 1. The van der Waals surface area contributed by atoms with E-state index in [1.807, 2.05) is 4.90 Å². The Morgan fingerprint density at radius 2 is 1.85 bits per heavy atom. The Kier molecular flexibility index (Phi) is 3.55. The van der Waals surface area contributed by atoms with Gasteiger partial charge in [-0.25, -0.2) is 4.98 Å². The number of aromatic nitrogens is 1. The van der Waals surface area contributed by atoms with Crippen LogP contribution >= 0.6 is 0 Å². The molecule has 0 N–H and O–H groups in total. The van der Waals surface area contributed by atoms with Gasteiger partial charge >= 0.3 is 6.18 Å². The first-order valence-corrected chi connectivity index (χ1v) is 6.64. The molecule has 1 aromatic rings. The summed E-state index contributed by atoms with van der Waals surface area (Å²) in [6.07, 6.45) is -3.42. The van der Waals surface area contributed by atoms with Gasteiger partial charge in [0.2, 0.25) is 0 Å². The molecule has 7 heteroatoms. The van der Waals surface area contributed by atoms with Crippen molar-refractivity contribution in [3.8, 4) is 0 Å². The van der Waals surface area contributed by atoms with E-state index in [2.05, 4.69) is 9.88 Å². The van der Waals surface area contributed by atoms with E-state index in [4.69, 9.17) is 4.74 Å². The lowest BCUT2D eigenvalue weighted by molar-refractivity contribution is -0.137. The summed E-state index contributed by atoms with van der Waals surface area (Å²) >= 11 is 0. The van der Waals surface area contributed by atoms with Gasteiger partial charge in [-0.3, -0.25) is 4.90 Å². The van der Waals surface area contributed by atoms with E-state index < -0.39 is 11.7 Å². The van der Waals surface area contributed by atoms with Crippen LogP contribution in [0.15, 0.2) is 18.3 Å². The lowest BCUT2D eigenvalue weighted by Crippen LogP contribution is -2.61. The van der Waals surface area contributed by atoms with Crippen LogP contribution in [-0.4, -0.2) is 55.3 Å². The second-order valence-corrected chi connectivity index (χ2v) is 5.11. The number of nitrogens with zero attached hydrogens (tertiary/aromatic N) is 3. The van der Waals surface area contributed by atoms with E-state index in [9.17, 15) is 13.2 Å². The molecule has 4 nitrogen and oxygen atoms in total. The summed E-state index contributed by atoms with van der Waals surface area (Å²) in [5.41, 5.74) is -0.702. The molecule has 0 aromatic carbocycles. The quantitative estimate of drug-likeness (QED) is 0.826. The topological polar surface area (TPSA) is 28.6 Å². The Balaban J connectivity index is 1.57. The third-order valence-electron chi connectivity index (χ3n) is 3.82. The zero-order valence-electron chi connectivity index (χ0n) is 10.9. The van der Waals surface area contributed by atoms with Gasteiger partial charge in [0, 0.05) is 38.4 Å². The smallest absolute Gasteiger partial charge is 0.379 e. The van der Waals surface area contributed by atoms with Crippen molar-refractivity contribution in [3.63, 3.8) is 0 Å². The molecule has 0 unspecified atom stereocenters. The minimum atomic E-state index is -4.32. The summed E-state index contributed by atoms with van der Waals surface area (Å²) in [6.45, 7) is 5.01. The third kappa shape index (κ3) is 2.73. The molecule has 1 aromatic heterocycles. The molecule has 0 radical (unpaired) electrons. The van der Waals surface area contributed by atoms with Crippen LogP contribution in [0.4, 0.5) is 19.0 Å². The van der Waals surface area contributed by atoms with E-state index in [-0.39, 0.29) is 0 Å². The number of morpholine rings is 1. The summed E-state index contributed by atoms with van der Waals surface area (Å²) < 4.78 is 42.6. The van der Waals surface area contributed by atoms with Crippen molar-refractivity contribution < 1.29 is 17.9 Å². The standard InChI is InChI=1S/C13H16F3N3O/c14-13(15,16)10-1-2-12(17-7-10)19-8-11(9-19)18-3-5-20-6-4-18/h1-2,7,11H,3-6,8-9H2. The fourth-order valence-corrected chi connectivity index (χ4v) is 2.56. The average molecular weight is 287 g/mol. The maximum Gasteiger partial charge on any atom is 0.417 e. The Hall–Kier alpha value is -1.34. The predicted octanol–water partition coefficient (Wildman–Crippen LogP) is 1.62. The van der Waals surface area contributed by atoms with Gasteiger partial charge in [-0.05, 0) is 12.1 Å². The molecule has 0 spiro atoms. The van der Waals surface area contributed by atoms with Crippen molar-refractivity contribution in [3.05, 3.63) is 23.9 Å². The number of alkyl halides is 3. The van der Waals surface area contributed by atoms with Gasteiger partial charge in [-0.2, -0.15) is 13.2 Å². The van der Waals surface area contributed by atoms with Crippen molar-refractivity contribution in [1.82, 2.24) is 9.88 Å². The molecule has 2 aliphatic heterocycles. The van der Waals surface area contributed by atoms with Crippen LogP contribution in [0.25, 0.3) is 0 Å². The highest BCUT2D eigenvalue weighted by atomic mass is 19.4. The number of ether oxygens (including phenoxy) is 1. The normalized spacial score (nSPS) is 21.9. The molecule has 2 aliphatic rings. The van der Waals surface area contributed by atoms with Crippen LogP contribution in [0.5, 0.6) is 0 Å². The summed E-state index contributed by atoms with van der Waals surface area (Å²) in [4.78, 5) is 8.27. The average Bonchev–Trinajstić information content (AvgIpc) is 2.38. The first-order chi connectivity index (χ1) is 9.54.